The summed E-state index contributed by atoms with van der Waals surface area (Å²) >= 11 is 12.2. The summed E-state index contributed by atoms with van der Waals surface area (Å²) in [6.45, 7) is 2.85. The number of piperidine rings is 1. The van der Waals surface area contributed by atoms with Crippen LogP contribution in [0.2, 0.25) is 10.0 Å². The molecule has 1 amide bonds. The maximum atomic E-state index is 12.6. The second-order valence-corrected chi connectivity index (χ2v) is 9.27. The lowest BCUT2D eigenvalue weighted by Gasteiger charge is -2.30. The fourth-order valence-electron chi connectivity index (χ4n) is 4.08. The van der Waals surface area contributed by atoms with Gasteiger partial charge in [-0.25, -0.2) is 0 Å². The highest BCUT2D eigenvalue weighted by atomic mass is 35.5. The summed E-state index contributed by atoms with van der Waals surface area (Å²) in [4.78, 5) is 19.3. The summed E-state index contributed by atoms with van der Waals surface area (Å²) in [7, 11) is 1.66. The van der Waals surface area contributed by atoms with Crippen LogP contribution in [0.5, 0.6) is 5.75 Å². The zero-order valence-electron chi connectivity index (χ0n) is 19.1. The number of likely N-dealkylation sites (tertiary alicyclic amines) is 1. The topological polar surface area (TPSA) is 80.5 Å². The van der Waals surface area contributed by atoms with Crippen LogP contribution in [0.1, 0.15) is 30.7 Å². The van der Waals surface area contributed by atoms with Crippen molar-refractivity contribution in [3.63, 3.8) is 0 Å². The van der Waals surface area contributed by atoms with Crippen LogP contribution in [-0.2, 0) is 17.8 Å². The first kappa shape index (κ1) is 24.5. The van der Waals surface area contributed by atoms with Crippen LogP contribution in [0.15, 0.2) is 47.0 Å². The molecule has 0 bridgehead atoms. The number of carbonyl (C=O) groups excluding carboxylic acids is 1. The van der Waals surface area contributed by atoms with Crippen LogP contribution in [0.3, 0.4) is 0 Å². The monoisotopic (exact) mass is 502 g/mol. The molecule has 7 nitrogen and oxygen atoms in total. The van der Waals surface area contributed by atoms with Gasteiger partial charge >= 0.3 is 0 Å². The molecule has 2 aromatic carbocycles. The third-order valence-corrected chi connectivity index (χ3v) is 6.61. The number of aromatic nitrogens is 2. The lowest BCUT2D eigenvalue weighted by atomic mass is 9.96. The molecule has 0 saturated carbocycles. The van der Waals surface area contributed by atoms with Gasteiger partial charge in [-0.3, -0.25) is 9.69 Å². The van der Waals surface area contributed by atoms with E-state index in [-0.39, 0.29) is 11.8 Å². The van der Waals surface area contributed by atoms with Crippen molar-refractivity contribution < 1.29 is 14.1 Å². The maximum absolute atomic E-state index is 12.6. The van der Waals surface area contributed by atoms with Crippen molar-refractivity contribution in [2.75, 3.05) is 26.7 Å². The normalized spacial score (nSPS) is 14.8. The molecule has 180 valence electrons. The van der Waals surface area contributed by atoms with E-state index in [1.54, 1.807) is 25.3 Å². The lowest BCUT2D eigenvalue weighted by Crippen LogP contribution is -2.40. The van der Waals surface area contributed by atoms with Crippen molar-refractivity contribution in [1.82, 2.24) is 20.4 Å². The number of ether oxygens (including phenoxy) is 1. The van der Waals surface area contributed by atoms with Crippen LogP contribution in [0, 0.1) is 5.92 Å². The highest BCUT2D eigenvalue weighted by Crippen LogP contribution is 2.28. The van der Waals surface area contributed by atoms with E-state index in [9.17, 15) is 4.79 Å². The molecule has 2 heterocycles. The van der Waals surface area contributed by atoms with Crippen molar-refractivity contribution in [2.24, 2.45) is 5.92 Å². The first-order chi connectivity index (χ1) is 16.5. The molecule has 1 aliphatic heterocycles. The number of hydrogen-bond acceptors (Lipinski definition) is 6. The molecule has 0 aliphatic carbocycles. The van der Waals surface area contributed by atoms with E-state index in [0.717, 1.165) is 44.5 Å². The number of halogens is 2. The third-order valence-electron chi connectivity index (χ3n) is 6.06. The van der Waals surface area contributed by atoms with Gasteiger partial charge in [0.1, 0.15) is 5.75 Å². The number of rotatable bonds is 9. The van der Waals surface area contributed by atoms with E-state index in [1.807, 2.05) is 12.1 Å². The van der Waals surface area contributed by atoms with Gasteiger partial charge in [-0.1, -0.05) is 40.5 Å². The Morgan fingerprint density at radius 2 is 1.94 bits per heavy atom. The van der Waals surface area contributed by atoms with E-state index >= 15 is 0 Å². The zero-order chi connectivity index (χ0) is 23.9. The Bertz CT molecular complexity index is 1100. The first-order valence-electron chi connectivity index (χ1n) is 11.4. The van der Waals surface area contributed by atoms with Crippen LogP contribution in [0.25, 0.3) is 11.4 Å². The van der Waals surface area contributed by atoms with Crippen LogP contribution in [0.4, 0.5) is 0 Å². The van der Waals surface area contributed by atoms with Crippen molar-refractivity contribution in [3.8, 4) is 17.1 Å². The van der Waals surface area contributed by atoms with Gasteiger partial charge in [0.25, 0.3) is 0 Å². The number of benzene rings is 2. The highest BCUT2D eigenvalue weighted by molar-refractivity contribution is 6.36. The number of aryl methyl sites for hydroxylation is 1. The fourth-order valence-corrected chi connectivity index (χ4v) is 4.58. The molecule has 0 spiro atoms. The average Bonchev–Trinajstić information content (AvgIpc) is 3.30. The zero-order valence-corrected chi connectivity index (χ0v) is 20.6. The molecule has 0 atom stereocenters. The molecular formula is C25H28Cl2N4O3. The molecule has 9 heteroatoms. The van der Waals surface area contributed by atoms with Gasteiger partial charge in [0, 0.05) is 23.0 Å². The number of carbonyl (C=O) groups is 1. The minimum Gasteiger partial charge on any atom is -0.497 e. The van der Waals surface area contributed by atoms with E-state index in [2.05, 4.69) is 32.5 Å². The summed E-state index contributed by atoms with van der Waals surface area (Å²) in [5.41, 5.74) is 1.93. The van der Waals surface area contributed by atoms with Crippen LogP contribution < -0.4 is 10.1 Å². The number of methoxy groups -OCH3 is 1. The number of hydrogen-bond donors (Lipinski definition) is 1. The minimum absolute atomic E-state index is 0.0448. The SMILES string of the molecule is COc1ccc(CCCNC(=O)C2CCN(Cc3nc(-c4ccc(Cl)cc4Cl)no3)CC2)cc1. The van der Waals surface area contributed by atoms with Gasteiger partial charge in [0.05, 0.1) is 18.7 Å². The smallest absolute Gasteiger partial charge is 0.241 e. The largest absolute Gasteiger partial charge is 0.497 e. The summed E-state index contributed by atoms with van der Waals surface area (Å²) < 4.78 is 10.6. The summed E-state index contributed by atoms with van der Waals surface area (Å²) in [5, 5.41) is 8.18. The predicted molar refractivity (Wildman–Crippen MR) is 132 cm³/mol. The molecule has 1 N–H and O–H groups in total. The molecule has 1 fully saturated rings. The van der Waals surface area contributed by atoms with Gasteiger partial charge < -0.3 is 14.6 Å². The number of amides is 1. The van der Waals surface area contributed by atoms with Crippen molar-refractivity contribution in [2.45, 2.75) is 32.2 Å². The van der Waals surface area contributed by atoms with Gasteiger partial charge in [-0.2, -0.15) is 4.98 Å². The van der Waals surface area contributed by atoms with E-state index < -0.39 is 0 Å². The average molecular weight is 503 g/mol. The van der Waals surface area contributed by atoms with Crippen LogP contribution in [-0.4, -0.2) is 47.7 Å². The standard InChI is InChI=1S/C25H28Cl2N4O3/c1-33-20-7-4-17(5-8-20)3-2-12-28-25(32)18-10-13-31(14-11-18)16-23-29-24(30-34-23)21-9-6-19(26)15-22(21)27/h4-9,15,18H,2-3,10-14,16H2,1H3,(H,28,32). The second kappa shape index (κ2) is 11.7. The molecule has 3 aromatic rings. The van der Waals surface area contributed by atoms with Crippen LogP contribution >= 0.6 is 23.2 Å². The predicted octanol–water partition coefficient (Wildman–Crippen LogP) is 5.01. The Labute approximate surface area is 209 Å². The summed E-state index contributed by atoms with van der Waals surface area (Å²) in [6, 6.07) is 13.2. The second-order valence-electron chi connectivity index (χ2n) is 8.43. The van der Waals surface area contributed by atoms with E-state index in [0.29, 0.717) is 40.4 Å². The fraction of sp³-hybridized carbons (Fsp3) is 0.400. The first-order valence-corrected chi connectivity index (χ1v) is 12.2. The van der Waals surface area contributed by atoms with Gasteiger partial charge in [0.15, 0.2) is 0 Å². The molecule has 0 unspecified atom stereocenters. The summed E-state index contributed by atoms with van der Waals surface area (Å²) in [5.74, 6) is 2.02. The molecule has 1 aliphatic rings. The molecule has 34 heavy (non-hydrogen) atoms. The van der Waals surface area contributed by atoms with Crippen molar-refractivity contribution in [3.05, 3.63) is 64.0 Å². The van der Waals surface area contributed by atoms with Crippen molar-refractivity contribution in [1.29, 1.82) is 0 Å². The Morgan fingerprint density at radius 3 is 2.65 bits per heavy atom. The van der Waals surface area contributed by atoms with Gasteiger partial charge in [-0.05, 0) is 74.7 Å². The highest BCUT2D eigenvalue weighted by Gasteiger charge is 2.26. The Kier molecular flexibility index (Phi) is 8.43. The molecular weight excluding hydrogens is 475 g/mol. The number of nitrogens with one attached hydrogen (secondary N) is 1. The molecule has 1 saturated heterocycles. The van der Waals surface area contributed by atoms with E-state index in [4.69, 9.17) is 32.5 Å². The number of nitrogens with zero attached hydrogens (tertiary/aromatic N) is 3. The minimum atomic E-state index is 0.0448. The molecule has 1 aromatic heterocycles. The Hall–Kier alpha value is -2.61. The Morgan fingerprint density at radius 1 is 1.18 bits per heavy atom. The van der Waals surface area contributed by atoms with Crippen molar-refractivity contribution >= 4 is 29.1 Å². The lowest BCUT2D eigenvalue weighted by molar-refractivity contribution is -0.126. The molecule has 0 radical (unpaired) electrons. The quantitative estimate of drug-likeness (QED) is 0.414. The van der Waals surface area contributed by atoms with E-state index in [1.165, 1.54) is 5.56 Å². The third kappa shape index (κ3) is 6.50. The van der Waals surface area contributed by atoms with Gasteiger partial charge in [0.2, 0.25) is 17.6 Å². The Balaban J connectivity index is 1.17. The summed E-state index contributed by atoms with van der Waals surface area (Å²) in [6.07, 6.45) is 3.47. The maximum Gasteiger partial charge on any atom is 0.241 e. The molecule has 4 rings (SSSR count). The van der Waals surface area contributed by atoms with Gasteiger partial charge in [-0.15, -0.1) is 0 Å².